The third-order valence-electron chi connectivity index (χ3n) is 2.81. The van der Waals surface area contributed by atoms with Gasteiger partial charge in [0.1, 0.15) is 6.04 Å². The zero-order chi connectivity index (χ0) is 13.4. The van der Waals surface area contributed by atoms with Gasteiger partial charge in [-0.2, -0.15) is 0 Å². The smallest absolute Gasteiger partial charge is 0.325 e. The number of ether oxygens (including phenoxy) is 3. The van der Waals surface area contributed by atoms with Crippen molar-refractivity contribution in [1.29, 1.82) is 0 Å². The second-order valence-electron chi connectivity index (χ2n) is 4.16. The quantitative estimate of drug-likeness (QED) is 0.501. The second-order valence-corrected chi connectivity index (χ2v) is 4.16. The fourth-order valence-corrected chi connectivity index (χ4v) is 1.72. The third-order valence-corrected chi connectivity index (χ3v) is 2.81. The number of rotatable bonds is 6. The van der Waals surface area contributed by atoms with E-state index in [1.807, 2.05) is 6.92 Å². The molecule has 1 aliphatic heterocycles. The van der Waals surface area contributed by atoms with E-state index in [4.69, 9.17) is 9.47 Å². The van der Waals surface area contributed by atoms with Crippen molar-refractivity contribution in [3.63, 3.8) is 0 Å². The summed E-state index contributed by atoms with van der Waals surface area (Å²) in [5.74, 6) is -0.685. The Morgan fingerprint density at radius 2 is 2.22 bits per heavy atom. The van der Waals surface area contributed by atoms with Crippen molar-refractivity contribution in [2.45, 2.75) is 25.8 Å². The summed E-state index contributed by atoms with van der Waals surface area (Å²) in [4.78, 5) is 24.8. The van der Waals surface area contributed by atoms with Gasteiger partial charge < -0.3 is 14.2 Å². The highest BCUT2D eigenvalue weighted by Crippen LogP contribution is 2.08. The van der Waals surface area contributed by atoms with E-state index in [2.05, 4.69) is 4.74 Å². The molecule has 1 heterocycles. The summed E-state index contributed by atoms with van der Waals surface area (Å²) >= 11 is 0. The van der Waals surface area contributed by atoms with Crippen LogP contribution < -0.4 is 0 Å². The van der Waals surface area contributed by atoms with Crippen molar-refractivity contribution < 1.29 is 23.8 Å². The van der Waals surface area contributed by atoms with Gasteiger partial charge in [-0.05, 0) is 6.42 Å². The molecule has 0 aromatic carbocycles. The first-order valence-electron chi connectivity index (χ1n) is 6.24. The Labute approximate surface area is 107 Å². The van der Waals surface area contributed by atoms with Crippen LogP contribution in [0.1, 0.15) is 19.8 Å². The van der Waals surface area contributed by atoms with Crippen LogP contribution >= 0.6 is 0 Å². The molecule has 0 bridgehead atoms. The molecule has 0 spiro atoms. The lowest BCUT2D eigenvalue weighted by Crippen LogP contribution is -2.52. The van der Waals surface area contributed by atoms with Crippen LogP contribution in [0.4, 0.5) is 0 Å². The topological polar surface area (TPSA) is 65.1 Å². The van der Waals surface area contributed by atoms with Gasteiger partial charge in [0.15, 0.2) is 0 Å². The summed E-state index contributed by atoms with van der Waals surface area (Å²) < 4.78 is 15.0. The number of esters is 2. The van der Waals surface area contributed by atoms with E-state index >= 15 is 0 Å². The molecule has 1 atom stereocenters. The molecule has 0 N–H and O–H groups in total. The molecule has 6 nitrogen and oxygen atoms in total. The molecule has 1 aliphatic rings. The number of hydrogen-bond donors (Lipinski definition) is 0. The van der Waals surface area contributed by atoms with Gasteiger partial charge in [0.2, 0.25) is 0 Å². The number of morpholine rings is 1. The standard InChI is InChI=1S/C12H21NO5/c1-3-4-6-18-11(14)8-13-5-7-17-9-10(13)12(15)16-2/h10H,3-9H2,1-2H3. The molecule has 18 heavy (non-hydrogen) atoms. The van der Waals surface area contributed by atoms with Gasteiger partial charge in [-0.15, -0.1) is 0 Å². The number of nitrogens with zero attached hydrogens (tertiary/aromatic N) is 1. The Bertz CT molecular complexity index is 282. The van der Waals surface area contributed by atoms with Crippen molar-refractivity contribution in [1.82, 2.24) is 4.90 Å². The first-order chi connectivity index (χ1) is 8.69. The van der Waals surface area contributed by atoms with Crippen LogP contribution in [-0.4, -0.2) is 62.9 Å². The Morgan fingerprint density at radius 1 is 1.44 bits per heavy atom. The molecule has 1 fully saturated rings. The van der Waals surface area contributed by atoms with Crippen molar-refractivity contribution in [3.8, 4) is 0 Å². The van der Waals surface area contributed by atoms with Gasteiger partial charge in [-0.3, -0.25) is 14.5 Å². The van der Waals surface area contributed by atoms with E-state index in [0.717, 1.165) is 12.8 Å². The van der Waals surface area contributed by atoms with Crippen LogP contribution in [0.2, 0.25) is 0 Å². The Morgan fingerprint density at radius 3 is 2.89 bits per heavy atom. The van der Waals surface area contributed by atoms with Crippen molar-refractivity contribution in [2.75, 3.05) is 40.0 Å². The predicted octanol–water partition coefficient (Wildman–Crippen LogP) is 0.204. The number of carbonyl (C=O) groups is 2. The van der Waals surface area contributed by atoms with Gasteiger partial charge in [-0.25, -0.2) is 0 Å². The molecule has 0 aliphatic carbocycles. The van der Waals surface area contributed by atoms with Gasteiger partial charge in [0.05, 0.1) is 33.5 Å². The highest BCUT2D eigenvalue weighted by molar-refractivity contribution is 5.78. The molecule has 1 rings (SSSR count). The lowest BCUT2D eigenvalue weighted by atomic mass is 10.2. The maximum absolute atomic E-state index is 11.6. The van der Waals surface area contributed by atoms with E-state index in [1.54, 1.807) is 4.90 Å². The maximum atomic E-state index is 11.6. The van der Waals surface area contributed by atoms with Gasteiger partial charge >= 0.3 is 11.9 Å². The van der Waals surface area contributed by atoms with Gasteiger partial charge in [0, 0.05) is 6.54 Å². The SMILES string of the molecule is CCCCOC(=O)CN1CCOCC1C(=O)OC. The minimum Gasteiger partial charge on any atom is -0.468 e. The van der Waals surface area contributed by atoms with E-state index in [9.17, 15) is 9.59 Å². The molecule has 0 aromatic heterocycles. The molecular formula is C12H21NO5. The summed E-state index contributed by atoms with van der Waals surface area (Å²) in [5, 5.41) is 0. The van der Waals surface area contributed by atoms with E-state index in [0.29, 0.717) is 19.8 Å². The van der Waals surface area contributed by atoms with Crippen LogP contribution in [-0.2, 0) is 23.8 Å². The minimum atomic E-state index is -0.512. The lowest BCUT2D eigenvalue weighted by molar-refractivity contribution is -0.157. The fraction of sp³-hybridized carbons (Fsp3) is 0.833. The Hall–Kier alpha value is -1.14. The van der Waals surface area contributed by atoms with Crippen molar-refractivity contribution in [3.05, 3.63) is 0 Å². The molecule has 6 heteroatoms. The molecule has 0 radical (unpaired) electrons. The molecule has 1 unspecified atom stereocenters. The van der Waals surface area contributed by atoms with Gasteiger partial charge in [-0.1, -0.05) is 13.3 Å². The zero-order valence-corrected chi connectivity index (χ0v) is 11.0. The fourth-order valence-electron chi connectivity index (χ4n) is 1.72. The number of hydrogen-bond acceptors (Lipinski definition) is 6. The van der Waals surface area contributed by atoms with Crippen LogP contribution in [0.25, 0.3) is 0 Å². The maximum Gasteiger partial charge on any atom is 0.325 e. The highest BCUT2D eigenvalue weighted by atomic mass is 16.5. The Kier molecular flexibility index (Phi) is 6.67. The molecule has 104 valence electrons. The summed E-state index contributed by atoms with van der Waals surface area (Å²) in [6, 6.07) is -0.512. The summed E-state index contributed by atoms with van der Waals surface area (Å²) in [5.41, 5.74) is 0. The minimum absolute atomic E-state index is 0.104. The largest absolute Gasteiger partial charge is 0.468 e. The van der Waals surface area contributed by atoms with Gasteiger partial charge in [0.25, 0.3) is 0 Å². The first kappa shape index (κ1) is 14.9. The molecule has 0 amide bonds. The zero-order valence-electron chi connectivity index (χ0n) is 11.0. The number of unbranched alkanes of at least 4 members (excludes halogenated alkanes) is 1. The molecule has 0 aromatic rings. The molecule has 0 saturated carbocycles. The average molecular weight is 259 g/mol. The average Bonchev–Trinajstić information content (AvgIpc) is 2.39. The predicted molar refractivity (Wildman–Crippen MR) is 64.1 cm³/mol. The van der Waals surface area contributed by atoms with Crippen molar-refractivity contribution in [2.24, 2.45) is 0 Å². The van der Waals surface area contributed by atoms with Crippen LogP contribution in [0, 0.1) is 0 Å². The lowest BCUT2D eigenvalue weighted by Gasteiger charge is -2.32. The monoisotopic (exact) mass is 259 g/mol. The Balaban J connectivity index is 2.41. The summed E-state index contributed by atoms with van der Waals surface area (Å²) in [6.45, 7) is 3.87. The highest BCUT2D eigenvalue weighted by Gasteiger charge is 2.31. The normalized spacial score (nSPS) is 20.4. The van der Waals surface area contributed by atoms with E-state index in [-0.39, 0.29) is 25.1 Å². The molecule has 1 saturated heterocycles. The summed E-state index contributed by atoms with van der Waals surface area (Å²) in [6.07, 6.45) is 1.84. The van der Waals surface area contributed by atoms with E-state index < -0.39 is 6.04 Å². The number of carbonyl (C=O) groups excluding carboxylic acids is 2. The number of methoxy groups -OCH3 is 1. The van der Waals surface area contributed by atoms with Crippen LogP contribution in [0.5, 0.6) is 0 Å². The van der Waals surface area contributed by atoms with Crippen molar-refractivity contribution >= 4 is 11.9 Å². The van der Waals surface area contributed by atoms with E-state index in [1.165, 1.54) is 7.11 Å². The van der Waals surface area contributed by atoms with Crippen LogP contribution in [0.15, 0.2) is 0 Å². The first-order valence-corrected chi connectivity index (χ1v) is 6.24. The van der Waals surface area contributed by atoms with Crippen LogP contribution in [0.3, 0.4) is 0 Å². The third kappa shape index (κ3) is 4.62. The summed E-state index contributed by atoms with van der Waals surface area (Å²) in [7, 11) is 1.33. The molecular weight excluding hydrogens is 238 g/mol. The second kappa shape index (κ2) is 8.05.